The second-order valence-electron chi connectivity index (χ2n) is 3.87. The first-order valence-electron chi connectivity index (χ1n) is 4.50. The lowest BCUT2D eigenvalue weighted by molar-refractivity contribution is 0.277. The van der Waals surface area contributed by atoms with Crippen LogP contribution in [0.2, 0.25) is 0 Å². The monoisotopic (exact) mass is 202 g/mol. The topological polar surface area (TPSA) is 0 Å². The van der Waals surface area contributed by atoms with Crippen LogP contribution in [-0.2, 0) is 0 Å². The molecule has 2 unspecified atom stereocenters. The number of fused-ring (bicyclic) bond motifs is 1. The van der Waals surface area contributed by atoms with Gasteiger partial charge in [0.1, 0.15) is 0 Å². The zero-order valence-corrected chi connectivity index (χ0v) is 7.94. The molecule has 2 saturated carbocycles. The predicted molar refractivity (Wildman–Crippen MR) is 47.4 cm³/mol. The van der Waals surface area contributed by atoms with Gasteiger partial charge in [-0.1, -0.05) is 41.6 Å². The second-order valence-corrected chi connectivity index (χ2v) is 5.17. The summed E-state index contributed by atoms with van der Waals surface area (Å²) in [5.74, 6) is 2.19. The molecule has 2 aliphatic rings. The molecule has 58 valence electrons. The van der Waals surface area contributed by atoms with E-state index < -0.39 is 0 Å². The average Bonchev–Trinajstić information content (AvgIpc) is 2.27. The minimum atomic E-state index is 0.862. The summed E-state index contributed by atoms with van der Waals surface area (Å²) in [6.07, 6.45) is 8.97. The summed E-state index contributed by atoms with van der Waals surface area (Å²) >= 11 is 3.73. The van der Waals surface area contributed by atoms with Crippen LogP contribution in [0, 0.1) is 11.8 Å². The highest BCUT2D eigenvalue weighted by Gasteiger charge is 2.33. The Balaban J connectivity index is 1.97. The lowest BCUT2D eigenvalue weighted by Crippen LogP contribution is -2.12. The van der Waals surface area contributed by atoms with Crippen molar-refractivity contribution in [3.05, 3.63) is 0 Å². The molecular weight excluding hydrogens is 188 g/mol. The van der Waals surface area contributed by atoms with Crippen molar-refractivity contribution in [3.63, 3.8) is 0 Å². The molecule has 0 spiro atoms. The average molecular weight is 203 g/mol. The van der Waals surface area contributed by atoms with Gasteiger partial charge >= 0.3 is 0 Å². The van der Waals surface area contributed by atoms with Crippen LogP contribution in [0.3, 0.4) is 0 Å². The Morgan fingerprint density at radius 1 is 0.900 bits per heavy atom. The molecule has 0 aromatic carbocycles. The Kier molecular flexibility index (Phi) is 2.03. The van der Waals surface area contributed by atoms with E-state index in [0.29, 0.717) is 0 Å². The molecule has 0 heterocycles. The zero-order valence-electron chi connectivity index (χ0n) is 6.35. The molecule has 0 nitrogen and oxygen atoms in total. The first-order valence-corrected chi connectivity index (χ1v) is 5.42. The van der Waals surface area contributed by atoms with Gasteiger partial charge in [0.2, 0.25) is 0 Å². The SMILES string of the molecule is BrC1CC2CCCCC2C1. The maximum absolute atomic E-state index is 3.73. The summed E-state index contributed by atoms with van der Waals surface area (Å²) in [7, 11) is 0. The Morgan fingerprint density at radius 2 is 1.40 bits per heavy atom. The fourth-order valence-corrected chi connectivity index (χ4v) is 3.62. The minimum Gasteiger partial charge on any atom is -0.0890 e. The van der Waals surface area contributed by atoms with E-state index in [4.69, 9.17) is 0 Å². The Bertz CT molecular complexity index is 108. The van der Waals surface area contributed by atoms with Crippen molar-refractivity contribution in [1.29, 1.82) is 0 Å². The molecule has 10 heavy (non-hydrogen) atoms. The summed E-state index contributed by atoms with van der Waals surface area (Å²) < 4.78 is 0. The number of rotatable bonds is 0. The van der Waals surface area contributed by atoms with Crippen LogP contribution in [0.15, 0.2) is 0 Å². The molecule has 0 saturated heterocycles. The molecular formula is C9H15Br. The van der Waals surface area contributed by atoms with Crippen molar-refractivity contribution >= 4 is 15.9 Å². The van der Waals surface area contributed by atoms with E-state index in [9.17, 15) is 0 Å². The normalized spacial score (nSPS) is 47.1. The number of hydrogen-bond acceptors (Lipinski definition) is 0. The molecule has 2 fully saturated rings. The van der Waals surface area contributed by atoms with Crippen LogP contribution < -0.4 is 0 Å². The molecule has 0 aliphatic heterocycles. The first-order chi connectivity index (χ1) is 4.86. The molecule has 1 heteroatoms. The summed E-state index contributed by atoms with van der Waals surface area (Å²) in [4.78, 5) is 0.862. The maximum Gasteiger partial charge on any atom is 0.0151 e. The van der Waals surface area contributed by atoms with Crippen LogP contribution in [0.25, 0.3) is 0 Å². The van der Waals surface area contributed by atoms with Crippen LogP contribution in [0.5, 0.6) is 0 Å². The molecule has 0 radical (unpaired) electrons. The van der Waals surface area contributed by atoms with Gasteiger partial charge in [-0.2, -0.15) is 0 Å². The number of alkyl halides is 1. The van der Waals surface area contributed by atoms with Gasteiger partial charge in [-0.3, -0.25) is 0 Å². The van der Waals surface area contributed by atoms with Gasteiger partial charge in [0, 0.05) is 4.83 Å². The van der Waals surface area contributed by atoms with Crippen molar-refractivity contribution in [2.45, 2.75) is 43.4 Å². The fourth-order valence-electron chi connectivity index (χ4n) is 2.66. The third-order valence-electron chi connectivity index (χ3n) is 3.18. The van der Waals surface area contributed by atoms with Gasteiger partial charge in [0.05, 0.1) is 0 Å². The first kappa shape index (κ1) is 7.15. The number of hydrogen-bond donors (Lipinski definition) is 0. The highest BCUT2D eigenvalue weighted by Crippen LogP contribution is 2.44. The van der Waals surface area contributed by atoms with E-state index in [-0.39, 0.29) is 0 Å². The van der Waals surface area contributed by atoms with Gasteiger partial charge in [-0.25, -0.2) is 0 Å². The number of halogens is 1. The third kappa shape index (κ3) is 1.25. The molecule has 0 N–H and O–H groups in total. The molecule has 0 aromatic heterocycles. The molecule has 0 aromatic rings. The summed E-state index contributed by atoms with van der Waals surface area (Å²) in [6.45, 7) is 0. The van der Waals surface area contributed by atoms with Crippen molar-refractivity contribution in [3.8, 4) is 0 Å². The summed E-state index contributed by atoms with van der Waals surface area (Å²) in [5, 5.41) is 0. The van der Waals surface area contributed by atoms with Gasteiger partial charge in [-0.15, -0.1) is 0 Å². The summed E-state index contributed by atoms with van der Waals surface area (Å²) in [5.41, 5.74) is 0. The zero-order chi connectivity index (χ0) is 6.97. The van der Waals surface area contributed by atoms with Crippen molar-refractivity contribution in [1.82, 2.24) is 0 Å². The van der Waals surface area contributed by atoms with Crippen molar-refractivity contribution < 1.29 is 0 Å². The van der Waals surface area contributed by atoms with E-state index in [2.05, 4.69) is 15.9 Å². The van der Waals surface area contributed by atoms with Gasteiger partial charge in [0.15, 0.2) is 0 Å². The highest BCUT2D eigenvalue weighted by atomic mass is 79.9. The third-order valence-corrected chi connectivity index (χ3v) is 3.93. The van der Waals surface area contributed by atoms with E-state index in [1.807, 2.05) is 0 Å². The summed E-state index contributed by atoms with van der Waals surface area (Å²) in [6, 6.07) is 0. The largest absolute Gasteiger partial charge is 0.0890 e. The van der Waals surface area contributed by atoms with Crippen molar-refractivity contribution in [2.75, 3.05) is 0 Å². The van der Waals surface area contributed by atoms with Gasteiger partial charge < -0.3 is 0 Å². The standard InChI is InChI=1S/C9H15Br/c10-9-5-7-3-1-2-4-8(7)6-9/h7-9H,1-6H2. The predicted octanol–water partition coefficient (Wildman–Crippen LogP) is 3.35. The molecule has 0 bridgehead atoms. The smallest absolute Gasteiger partial charge is 0.0151 e. The Labute approximate surface area is 71.5 Å². The minimum absolute atomic E-state index is 0.862. The molecule has 2 rings (SSSR count). The van der Waals surface area contributed by atoms with Crippen LogP contribution in [0.4, 0.5) is 0 Å². The Morgan fingerprint density at radius 3 is 1.90 bits per heavy atom. The quantitative estimate of drug-likeness (QED) is 0.529. The Hall–Kier alpha value is 0.480. The van der Waals surface area contributed by atoms with E-state index in [0.717, 1.165) is 16.7 Å². The lowest BCUT2D eigenvalue weighted by atomic mass is 9.82. The van der Waals surface area contributed by atoms with Crippen molar-refractivity contribution in [2.24, 2.45) is 11.8 Å². The van der Waals surface area contributed by atoms with Crippen LogP contribution in [-0.4, -0.2) is 4.83 Å². The van der Waals surface area contributed by atoms with Crippen LogP contribution in [0.1, 0.15) is 38.5 Å². The molecule has 0 amide bonds. The van der Waals surface area contributed by atoms with Gasteiger partial charge in [-0.05, 0) is 24.7 Å². The molecule has 2 atom stereocenters. The van der Waals surface area contributed by atoms with E-state index in [1.54, 1.807) is 0 Å². The lowest BCUT2D eigenvalue weighted by Gasteiger charge is -2.24. The maximum atomic E-state index is 3.73. The van der Waals surface area contributed by atoms with Crippen LogP contribution >= 0.6 is 15.9 Å². The molecule has 2 aliphatic carbocycles. The fraction of sp³-hybridized carbons (Fsp3) is 1.00. The highest BCUT2D eigenvalue weighted by molar-refractivity contribution is 9.09. The van der Waals surface area contributed by atoms with E-state index in [1.165, 1.54) is 38.5 Å². The van der Waals surface area contributed by atoms with E-state index >= 15 is 0 Å². The van der Waals surface area contributed by atoms with Gasteiger partial charge in [0.25, 0.3) is 0 Å². The second kappa shape index (κ2) is 2.84.